The molecule has 1 aromatic carbocycles. The van der Waals surface area contributed by atoms with Crippen LogP contribution in [0.4, 0.5) is 0 Å². The molecule has 116 valence electrons. The van der Waals surface area contributed by atoms with Crippen LogP contribution in [0.5, 0.6) is 5.75 Å². The highest BCUT2D eigenvalue weighted by atomic mass is 16.5. The van der Waals surface area contributed by atoms with Gasteiger partial charge in [-0.2, -0.15) is 0 Å². The fourth-order valence-electron chi connectivity index (χ4n) is 2.99. The summed E-state index contributed by atoms with van der Waals surface area (Å²) in [5.74, 6) is 1.77. The Morgan fingerprint density at radius 2 is 2.18 bits per heavy atom. The molecule has 0 amide bonds. The van der Waals surface area contributed by atoms with Gasteiger partial charge in [0.05, 0.1) is 18.8 Å². The van der Waals surface area contributed by atoms with Gasteiger partial charge in [0.1, 0.15) is 11.6 Å². The molecular weight excluding hydrogens is 276 g/mol. The van der Waals surface area contributed by atoms with Gasteiger partial charge < -0.3 is 10.1 Å². The van der Waals surface area contributed by atoms with Gasteiger partial charge in [-0.25, -0.2) is 9.97 Å². The number of methoxy groups -OCH3 is 1. The molecule has 1 aliphatic rings. The van der Waals surface area contributed by atoms with Crippen LogP contribution in [-0.4, -0.2) is 41.6 Å². The van der Waals surface area contributed by atoms with E-state index in [2.05, 4.69) is 32.3 Å². The van der Waals surface area contributed by atoms with E-state index < -0.39 is 0 Å². The summed E-state index contributed by atoms with van der Waals surface area (Å²) in [4.78, 5) is 11.2. The molecule has 22 heavy (non-hydrogen) atoms. The van der Waals surface area contributed by atoms with Crippen molar-refractivity contribution in [2.45, 2.75) is 19.5 Å². The minimum absolute atomic E-state index is 0.292. The summed E-state index contributed by atoms with van der Waals surface area (Å²) in [7, 11) is 1.73. The molecule has 0 unspecified atom stereocenters. The lowest BCUT2D eigenvalue weighted by molar-refractivity contribution is 0.149. The van der Waals surface area contributed by atoms with Crippen molar-refractivity contribution in [2.75, 3.05) is 26.7 Å². The van der Waals surface area contributed by atoms with Crippen LogP contribution < -0.4 is 10.1 Å². The van der Waals surface area contributed by atoms with Crippen molar-refractivity contribution in [3.05, 3.63) is 53.6 Å². The standard InChI is InChI=1S/C17H22N4O/c1-13-19-8-7-14(20-13)12-21-10-9-18-11-16(21)15-5-3-4-6-17(15)22-2/h3-8,16,18H,9-12H2,1-2H3/t16-/m1/s1. The second kappa shape index (κ2) is 6.85. The Balaban J connectivity index is 1.85. The number of benzene rings is 1. The Bertz CT molecular complexity index is 632. The molecule has 2 aromatic rings. The van der Waals surface area contributed by atoms with Crippen molar-refractivity contribution >= 4 is 0 Å². The van der Waals surface area contributed by atoms with Crippen molar-refractivity contribution in [2.24, 2.45) is 0 Å². The highest BCUT2D eigenvalue weighted by Crippen LogP contribution is 2.30. The number of nitrogens with one attached hydrogen (secondary N) is 1. The second-order valence-corrected chi connectivity index (χ2v) is 5.53. The molecule has 0 bridgehead atoms. The molecule has 5 heteroatoms. The van der Waals surface area contributed by atoms with Crippen LogP contribution in [0.3, 0.4) is 0 Å². The van der Waals surface area contributed by atoms with E-state index in [1.54, 1.807) is 7.11 Å². The van der Waals surface area contributed by atoms with E-state index in [0.29, 0.717) is 6.04 Å². The van der Waals surface area contributed by atoms with Crippen LogP contribution in [0, 0.1) is 6.92 Å². The molecule has 1 fully saturated rings. The van der Waals surface area contributed by atoms with Gasteiger partial charge >= 0.3 is 0 Å². The molecular formula is C17H22N4O. The summed E-state index contributed by atoms with van der Waals surface area (Å²) in [5.41, 5.74) is 2.29. The highest BCUT2D eigenvalue weighted by Gasteiger charge is 2.26. The Labute approximate surface area is 131 Å². The number of hydrogen-bond acceptors (Lipinski definition) is 5. The number of hydrogen-bond donors (Lipinski definition) is 1. The van der Waals surface area contributed by atoms with Gasteiger partial charge in [0.2, 0.25) is 0 Å². The summed E-state index contributed by atoms with van der Waals surface area (Å²) in [6.07, 6.45) is 1.83. The van der Waals surface area contributed by atoms with E-state index >= 15 is 0 Å². The van der Waals surface area contributed by atoms with Crippen LogP contribution in [0.1, 0.15) is 23.1 Å². The van der Waals surface area contributed by atoms with Crippen LogP contribution in [0.2, 0.25) is 0 Å². The molecule has 5 nitrogen and oxygen atoms in total. The first-order chi connectivity index (χ1) is 10.8. The number of ether oxygens (including phenoxy) is 1. The molecule has 1 aromatic heterocycles. The van der Waals surface area contributed by atoms with Crippen LogP contribution in [0.15, 0.2) is 36.5 Å². The zero-order valence-electron chi connectivity index (χ0n) is 13.1. The van der Waals surface area contributed by atoms with Crippen molar-refractivity contribution in [3.63, 3.8) is 0 Å². The maximum atomic E-state index is 5.54. The topological polar surface area (TPSA) is 50.3 Å². The lowest BCUT2D eigenvalue weighted by Gasteiger charge is -2.36. The minimum Gasteiger partial charge on any atom is -0.496 e. The van der Waals surface area contributed by atoms with Gasteiger partial charge in [-0.1, -0.05) is 18.2 Å². The monoisotopic (exact) mass is 298 g/mol. The number of piperazine rings is 1. The van der Waals surface area contributed by atoms with Gasteiger partial charge in [0.15, 0.2) is 0 Å². The third-order valence-electron chi connectivity index (χ3n) is 4.05. The number of aryl methyl sites for hydroxylation is 1. The maximum Gasteiger partial charge on any atom is 0.125 e. The summed E-state index contributed by atoms with van der Waals surface area (Å²) >= 11 is 0. The number of para-hydroxylation sites is 1. The average Bonchev–Trinajstić information content (AvgIpc) is 2.55. The van der Waals surface area contributed by atoms with E-state index in [9.17, 15) is 0 Å². The van der Waals surface area contributed by atoms with Crippen molar-refractivity contribution in [1.29, 1.82) is 0 Å². The summed E-state index contributed by atoms with van der Waals surface area (Å²) in [6, 6.07) is 10.5. The molecule has 1 atom stereocenters. The van der Waals surface area contributed by atoms with Crippen LogP contribution >= 0.6 is 0 Å². The Morgan fingerprint density at radius 1 is 1.32 bits per heavy atom. The Morgan fingerprint density at radius 3 is 3.00 bits per heavy atom. The summed E-state index contributed by atoms with van der Waals surface area (Å²) in [6.45, 7) is 5.67. The van der Waals surface area contributed by atoms with E-state index in [0.717, 1.165) is 43.4 Å². The number of aromatic nitrogens is 2. The highest BCUT2D eigenvalue weighted by molar-refractivity contribution is 5.36. The molecule has 1 N–H and O–H groups in total. The number of nitrogens with zero attached hydrogens (tertiary/aromatic N) is 3. The third-order valence-corrected chi connectivity index (χ3v) is 4.05. The molecule has 0 saturated carbocycles. The Kier molecular flexibility index (Phi) is 4.65. The van der Waals surface area contributed by atoms with Crippen molar-refractivity contribution in [1.82, 2.24) is 20.2 Å². The lowest BCUT2D eigenvalue weighted by Crippen LogP contribution is -2.45. The maximum absolute atomic E-state index is 5.54. The van der Waals surface area contributed by atoms with E-state index in [4.69, 9.17) is 4.74 Å². The third kappa shape index (κ3) is 3.26. The molecule has 0 aliphatic carbocycles. The molecule has 0 spiro atoms. The predicted octanol–water partition coefficient (Wildman–Crippen LogP) is 1.94. The van der Waals surface area contributed by atoms with Crippen molar-refractivity contribution in [3.8, 4) is 5.75 Å². The first-order valence-electron chi connectivity index (χ1n) is 7.64. The zero-order chi connectivity index (χ0) is 15.4. The predicted molar refractivity (Wildman–Crippen MR) is 85.8 cm³/mol. The largest absolute Gasteiger partial charge is 0.496 e. The number of rotatable bonds is 4. The zero-order valence-corrected chi connectivity index (χ0v) is 13.1. The normalized spacial score (nSPS) is 19.1. The fraction of sp³-hybridized carbons (Fsp3) is 0.412. The minimum atomic E-state index is 0.292. The molecule has 3 rings (SSSR count). The summed E-state index contributed by atoms with van der Waals surface area (Å²) < 4.78 is 5.54. The molecule has 1 aliphatic heterocycles. The summed E-state index contributed by atoms with van der Waals surface area (Å²) in [5, 5.41) is 3.48. The molecule has 0 radical (unpaired) electrons. The molecule has 2 heterocycles. The Hall–Kier alpha value is -1.98. The first kappa shape index (κ1) is 14.9. The van der Waals surface area contributed by atoms with Crippen LogP contribution in [0.25, 0.3) is 0 Å². The van der Waals surface area contributed by atoms with Crippen LogP contribution in [-0.2, 0) is 6.54 Å². The van der Waals surface area contributed by atoms with E-state index in [1.807, 2.05) is 31.3 Å². The van der Waals surface area contributed by atoms with Gasteiger partial charge in [-0.05, 0) is 19.1 Å². The average molecular weight is 298 g/mol. The van der Waals surface area contributed by atoms with Gasteiger partial charge in [0, 0.05) is 37.9 Å². The fourth-order valence-corrected chi connectivity index (χ4v) is 2.99. The lowest BCUT2D eigenvalue weighted by atomic mass is 10.0. The van der Waals surface area contributed by atoms with Gasteiger partial charge in [-0.15, -0.1) is 0 Å². The smallest absolute Gasteiger partial charge is 0.125 e. The van der Waals surface area contributed by atoms with E-state index in [-0.39, 0.29) is 0 Å². The quantitative estimate of drug-likeness (QED) is 0.935. The second-order valence-electron chi connectivity index (χ2n) is 5.53. The van der Waals surface area contributed by atoms with Crippen molar-refractivity contribution < 1.29 is 4.74 Å². The van der Waals surface area contributed by atoms with E-state index in [1.165, 1.54) is 5.56 Å². The SMILES string of the molecule is COc1ccccc1[C@H]1CNCCN1Cc1ccnc(C)n1. The first-order valence-corrected chi connectivity index (χ1v) is 7.64. The molecule has 1 saturated heterocycles. The van der Waals surface area contributed by atoms with Gasteiger partial charge in [0.25, 0.3) is 0 Å². The van der Waals surface area contributed by atoms with Gasteiger partial charge in [-0.3, -0.25) is 4.90 Å².